The summed E-state index contributed by atoms with van der Waals surface area (Å²) in [5.74, 6) is -0.446. The topological polar surface area (TPSA) is 20.3 Å². The van der Waals surface area contributed by atoms with Crippen LogP contribution in [0.15, 0.2) is 24.3 Å². The third kappa shape index (κ3) is 3.82. The minimum atomic E-state index is -4.99. The Morgan fingerprint density at radius 1 is 1.18 bits per heavy atom. The fraction of sp³-hybridized carbons (Fsp3) is 0.300. The second kappa shape index (κ2) is 5.88. The number of para-hydroxylation sites is 1. The van der Waals surface area contributed by atoms with Crippen molar-refractivity contribution < 1.29 is 69.1 Å². The number of anilines is 1. The summed E-state index contributed by atoms with van der Waals surface area (Å²) >= 11 is 0. The number of hydrogen-bond acceptors (Lipinski definition) is 1. The van der Waals surface area contributed by atoms with E-state index in [-0.39, 0.29) is 57.8 Å². The first-order chi connectivity index (χ1) is 7.47. The molecule has 0 atom stereocenters. The molecule has 1 heterocycles. The maximum Gasteiger partial charge on any atom is 1.00 e. The number of benzene rings is 1. The Labute approximate surface area is 140 Å². The molecule has 0 saturated heterocycles. The molecule has 0 N–H and O–H groups in total. The predicted octanol–water partition coefficient (Wildman–Crippen LogP) is -0.644. The van der Waals surface area contributed by atoms with Crippen LogP contribution in [0.5, 0.6) is 0 Å². The molecule has 0 fully saturated rings. The number of nitrogens with zero attached hydrogens (tertiary/aromatic N) is 1. The van der Waals surface area contributed by atoms with Gasteiger partial charge in [0.05, 0.1) is 0 Å². The first kappa shape index (κ1) is 15.2. The van der Waals surface area contributed by atoms with E-state index in [0.29, 0.717) is 12.1 Å². The monoisotopic (exact) mass is 267 g/mol. The Morgan fingerprint density at radius 2 is 1.82 bits per heavy atom. The summed E-state index contributed by atoms with van der Waals surface area (Å²) in [5.41, 5.74) is 1.21. The number of amides is 1. The van der Waals surface area contributed by atoms with Gasteiger partial charge in [0.25, 0.3) is 0 Å². The summed E-state index contributed by atoms with van der Waals surface area (Å²) in [6, 6.07) is 6.74. The Kier molecular flexibility index (Phi) is 5.27. The van der Waals surface area contributed by atoms with Gasteiger partial charge in [0, 0.05) is 12.1 Å². The van der Waals surface area contributed by atoms with Gasteiger partial charge in [0.15, 0.2) is 0 Å². The standard InChI is InChI=1S/C10H10BF3NO.K/c12-11(13,14)7-15-9-4-2-1-3-8(9)5-6-10(15)16;/h1-4H,5-7H2;/q-1;+1. The number of halogens is 3. The van der Waals surface area contributed by atoms with Crippen molar-refractivity contribution in [3.8, 4) is 0 Å². The van der Waals surface area contributed by atoms with E-state index in [1.54, 1.807) is 24.3 Å². The molecule has 2 nitrogen and oxygen atoms in total. The molecule has 17 heavy (non-hydrogen) atoms. The SMILES string of the molecule is O=C1CCc2ccccc2N1C[B-](F)(F)F.[K+]. The first-order valence-electron chi connectivity index (χ1n) is 5.06. The fourth-order valence-electron chi connectivity index (χ4n) is 1.90. The van der Waals surface area contributed by atoms with Crippen molar-refractivity contribution in [3.05, 3.63) is 29.8 Å². The van der Waals surface area contributed by atoms with E-state index in [1.165, 1.54) is 0 Å². The van der Waals surface area contributed by atoms with Crippen molar-refractivity contribution in [3.63, 3.8) is 0 Å². The largest absolute Gasteiger partial charge is 1.00 e. The average molecular weight is 267 g/mol. The molecule has 1 aromatic rings. The van der Waals surface area contributed by atoms with E-state index in [0.717, 1.165) is 10.5 Å². The zero-order valence-corrected chi connectivity index (χ0v) is 12.6. The zero-order chi connectivity index (χ0) is 11.8. The van der Waals surface area contributed by atoms with Gasteiger partial charge in [-0.15, -0.1) is 0 Å². The van der Waals surface area contributed by atoms with Crippen LogP contribution in [-0.4, -0.2) is 19.3 Å². The third-order valence-electron chi connectivity index (χ3n) is 2.58. The number of rotatable bonds is 2. The van der Waals surface area contributed by atoms with Crippen molar-refractivity contribution in [1.82, 2.24) is 0 Å². The Hall–Kier alpha value is 0.181. The van der Waals surface area contributed by atoms with Gasteiger partial charge in [-0.3, -0.25) is 4.79 Å². The summed E-state index contributed by atoms with van der Waals surface area (Å²) in [6.45, 7) is -4.99. The van der Waals surface area contributed by atoms with Crippen LogP contribution in [0.2, 0.25) is 0 Å². The van der Waals surface area contributed by atoms with E-state index >= 15 is 0 Å². The Balaban J connectivity index is 0.00000144. The van der Waals surface area contributed by atoms with Gasteiger partial charge in [-0.1, -0.05) is 18.2 Å². The van der Waals surface area contributed by atoms with Crippen LogP contribution in [0.25, 0.3) is 0 Å². The number of fused-ring (bicyclic) bond motifs is 1. The van der Waals surface area contributed by atoms with Crippen molar-refractivity contribution in [2.24, 2.45) is 0 Å². The van der Waals surface area contributed by atoms with Gasteiger partial charge in [0.2, 0.25) is 5.91 Å². The smallest absolute Gasteiger partial charge is 0.448 e. The fourth-order valence-corrected chi connectivity index (χ4v) is 1.90. The molecular formula is C10H10BF3KNO. The van der Waals surface area contributed by atoms with Crippen molar-refractivity contribution in [2.75, 3.05) is 11.3 Å². The molecule has 0 saturated carbocycles. The van der Waals surface area contributed by atoms with Gasteiger partial charge in [-0.25, -0.2) is 0 Å². The average Bonchev–Trinajstić information content (AvgIpc) is 2.21. The van der Waals surface area contributed by atoms with Crippen LogP contribution in [0, 0.1) is 0 Å². The molecule has 0 aliphatic carbocycles. The van der Waals surface area contributed by atoms with Crippen LogP contribution < -0.4 is 56.3 Å². The van der Waals surface area contributed by atoms with E-state index in [2.05, 4.69) is 0 Å². The van der Waals surface area contributed by atoms with Crippen LogP contribution in [0.1, 0.15) is 12.0 Å². The van der Waals surface area contributed by atoms with Gasteiger partial charge in [-0.05, 0) is 24.5 Å². The molecule has 0 aromatic heterocycles. The van der Waals surface area contributed by atoms with Crippen LogP contribution in [0.3, 0.4) is 0 Å². The molecule has 0 radical (unpaired) electrons. The zero-order valence-electron chi connectivity index (χ0n) is 9.50. The second-order valence-corrected chi connectivity index (χ2v) is 3.84. The summed E-state index contributed by atoms with van der Waals surface area (Å²) in [6.07, 6.45) is -0.463. The van der Waals surface area contributed by atoms with E-state index in [1.807, 2.05) is 0 Å². The van der Waals surface area contributed by atoms with E-state index in [4.69, 9.17) is 0 Å². The number of aryl methyl sites for hydroxylation is 1. The maximum atomic E-state index is 12.4. The number of hydrogen-bond donors (Lipinski definition) is 0. The molecule has 0 spiro atoms. The molecule has 1 amide bonds. The molecule has 1 aliphatic rings. The van der Waals surface area contributed by atoms with Crippen molar-refractivity contribution in [1.29, 1.82) is 0 Å². The molecule has 1 aliphatic heterocycles. The first-order valence-corrected chi connectivity index (χ1v) is 5.06. The predicted molar refractivity (Wildman–Crippen MR) is 56.2 cm³/mol. The van der Waals surface area contributed by atoms with Gasteiger partial charge in [-0.2, -0.15) is 0 Å². The molecule has 0 unspecified atom stereocenters. The van der Waals surface area contributed by atoms with Crippen LogP contribution >= 0.6 is 0 Å². The Bertz CT molecular complexity index is 424. The summed E-state index contributed by atoms with van der Waals surface area (Å²) in [5, 5.41) is 0. The number of carbonyl (C=O) groups is 1. The molecule has 7 heteroatoms. The summed E-state index contributed by atoms with van der Waals surface area (Å²) in [7, 11) is 0. The number of carbonyl (C=O) groups excluding carboxylic acids is 1. The molecular weight excluding hydrogens is 257 g/mol. The summed E-state index contributed by atoms with van der Waals surface area (Å²) in [4.78, 5) is 12.3. The maximum absolute atomic E-state index is 12.4. The summed E-state index contributed by atoms with van der Waals surface area (Å²) < 4.78 is 37.1. The van der Waals surface area contributed by atoms with Gasteiger partial charge in [0.1, 0.15) is 0 Å². The van der Waals surface area contributed by atoms with Crippen molar-refractivity contribution >= 4 is 18.6 Å². The molecule has 0 bridgehead atoms. The van der Waals surface area contributed by atoms with Crippen molar-refractivity contribution in [2.45, 2.75) is 12.8 Å². The Morgan fingerprint density at radius 3 is 2.47 bits per heavy atom. The second-order valence-electron chi connectivity index (χ2n) is 3.84. The molecule has 86 valence electrons. The van der Waals surface area contributed by atoms with Gasteiger partial charge < -0.3 is 17.8 Å². The normalized spacial score (nSPS) is 15.2. The van der Waals surface area contributed by atoms with Crippen LogP contribution in [0.4, 0.5) is 18.6 Å². The molecule has 1 aromatic carbocycles. The van der Waals surface area contributed by atoms with E-state index < -0.39 is 19.3 Å². The van der Waals surface area contributed by atoms with Crippen LogP contribution in [-0.2, 0) is 11.2 Å². The quantitative estimate of drug-likeness (QED) is 0.652. The minimum Gasteiger partial charge on any atom is -0.448 e. The van der Waals surface area contributed by atoms with E-state index in [9.17, 15) is 17.7 Å². The minimum absolute atomic E-state index is 0. The molecule has 2 rings (SSSR count). The third-order valence-corrected chi connectivity index (χ3v) is 2.58. The van der Waals surface area contributed by atoms with Gasteiger partial charge >= 0.3 is 58.4 Å².